The molecule has 1 N–H and O–H groups in total. The number of ether oxygens (including phenoxy) is 1. The largest absolute Gasteiger partial charge is 0.494 e. The van der Waals surface area contributed by atoms with Gasteiger partial charge in [-0.05, 0) is 48.6 Å². The van der Waals surface area contributed by atoms with Crippen molar-refractivity contribution in [3.05, 3.63) is 54.0 Å². The molecule has 0 bridgehead atoms. The van der Waals surface area contributed by atoms with E-state index in [4.69, 9.17) is 4.74 Å². The van der Waals surface area contributed by atoms with E-state index in [1.165, 1.54) is 11.1 Å². The van der Waals surface area contributed by atoms with Crippen LogP contribution in [0.15, 0.2) is 42.9 Å². The highest BCUT2D eigenvalue weighted by Crippen LogP contribution is 2.15. The van der Waals surface area contributed by atoms with Crippen LogP contribution in [0.5, 0.6) is 5.75 Å². The van der Waals surface area contributed by atoms with Gasteiger partial charge in [-0.15, -0.1) is 0 Å². The molecule has 4 heteroatoms. The van der Waals surface area contributed by atoms with Gasteiger partial charge in [-0.2, -0.15) is 0 Å². The van der Waals surface area contributed by atoms with Crippen LogP contribution in [0.2, 0.25) is 0 Å². The van der Waals surface area contributed by atoms with Gasteiger partial charge in [0.25, 0.3) is 0 Å². The molecule has 0 spiro atoms. The van der Waals surface area contributed by atoms with Crippen LogP contribution in [0.1, 0.15) is 24.5 Å². The molecule has 3 rings (SSSR count). The van der Waals surface area contributed by atoms with Crippen molar-refractivity contribution >= 4 is 11.2 Å². The SMILES string of the molecule is CCCOc1ccc(CCc2cnc3nc[nH]c3c2)cc1. The summed E-state index contributed by atoms with van der Waals surface area (Å²) in [4.78, 5) is 11.6. The molecule has 2 aromatic heterocycles. The number of imidazole rings is 1. The Morgan fingerprint density at radius 2 is 1.86 bits per heavy atom. The van der Waals surface area contributed by atoms with E-state index in [0.29, 0.717) is 0 Å². The van der Waals surface area contributed by atoms with Crippen molar-refractivity contribution < 1.29 is 4.74 Å². The third-order valence-corrected chi connectivity index (χ3v) is 3.43. The van der Waals surface area contributed by atoms with E-state index in [-0.39, 0.29) is 0 Å². The van der Waals surface area contributed by atoms with Gasteiger partial charge in [-0.25, -0.2) is 9.97 Å². The lowest BCUT2D eigenvalue weighted by Crippen LogP contribution is -1.96. The van der Waals surface area contributed by atoms with Gasteiger partial charge >= 0.3 is 0 Å². The minimum atomic E-state index is 0.773. The Morgan fingerprint density at radius 3 is 2.67 bits per heavy atom. The Labute approximate surface area is 124 Å². The molecule has 0 saturated carbocycles. The average Bonchev–Trinajstić information content (AvgIpc) is 2.99. The average molecular weight is 281 g/mol. The highest BCUT2D eigenvalue weighted by molar-refractivity contribution is 5.70. The maximum Gasteiger partial charge on any atom is 0.177 e. The molecule has 0 aliphatic heterocycles. The Morgan fingerprint density at radius 1 is 1.05 bits per heavy atom. The second-order valence-electron chi connectivity index (χ2n) is 5.11. The lowest BCUT2D eigenvalue weighted by Gasteiger charge is -2.06. The van der Waals surface area contributed by atoms with Crippen LogP contribution in [-0.4, -0.2) is 21.6 Å². The van der Waals surface area contributed by atoms with Gasteiger partial charge in [0.15, 0.2) is 5.65 Å². The summed E-state index contributed by atoms with van der Waals surface area (Å²) in [5.41, 5.74) is 4.30. The number of nitrogens with one attached hydrogen (secondary N) is 1. The number of H-pyrrole nitrogens is 1. The fraction of sp³-hybridized carbons (Fsp3) is 0.294. The monoisotopic (exact) mass is 281 g/mol. The fourth-order valence-electron chi connectivity index (χ4n) is 2.27. The van der Waals surface area contributed by atoms with Crippen LogP contribution in [0, 0.1) is 0 Å². The molecule has 0 aliphatic carbocycles. The van der Waals surface area contributed by atoms with Crippen molar-refractivity contribution in [2.45, 2.75) is 26.2 Å². The van der Waals surface area contributed by atoms with Gasteiger partial charge in [-0.1, -0.05) is 19.1 Å². The lowest BCUT2D eigenvalue weighted by molar-refractivity contribution is 0.317. The van der Waals surface area contributed by atoms with E-state index in [9.17, 15) is 0 Å². The van der Waals surface area contributed by atoms with Crippen molar-refractivity contribution in [2.75, 3.05) is 6.61 Å². The van der Waals surface area contributed by atoms with Gasteiger partial charge in [0.2, 0.25) is 0 Å². The quantitative estimate of drug-likeness (QED) is 0.752. The van der Waals surface area contributed by atoms with Crippen LogP contribution in [0.4, 0.5) is 0 Å². The summed E-state index contributed by atoms with van der Waals surface area (Å²) in [7, 11) is 0. The molecule has 0 radical (unpaired) electrons. The summed E-state index contributed by atoms with van der Waals surface area (Å²) < 4.78 is 5.59. The van der Waals surface area contributed by atoms with E-state index in [0.717, 1.165) is 42.8 Å². The number of hydrogen-bond acceptors (Lipinski definition) is 3. The molecule has 0 saturated heterocycles. The first-order valence-corrected chi connectivity index (χ1v) is 7.35. The highest BCUT2D eigenvalue weighted by Gasteiger charge is 2.01. The molecule has 0 fully saturated rings. The molecule has 3 aromatic rings. The summed E-state index contributed by atoms with van der Waals surface area (Å²) in [5, 5.41) is 0. The molecule has 2 heterocycles. The number of fused-ring (bicyclic) bond motifs is 1. The molecule has 21 heavy (non-hydrogen) atoms. The van der Waals surface area contributed by atoms with Gasteiger partial charge < -0.3 is 9.72 Å². The first kappa shape index (κ1) is 13.6. The predicted molar refractivity (Wildman–Crippen MR) is 83.5 cm³/mol. The van der Waals surface area contributed by atoms with Crippen LogP contribution < -0.4 is 4.74 Å². The Balaban J connectivity index is 1.61. The van der Waals surface area contributed by atoms with Crippen molar-refractivity contribution in [2.24, 2.45) is 0 Å². The van der Waals surface area contributed by atoms with E-state index in [1.807, 2.05) is 18.3 Å². The Hall–Kier alpha value is -2.36. The zero-order valence-electron chi connectivity index (χ0n) is 12.2. The molecule has 0 unspecified atom stereocenters. The van der Waals surface area contributed by atoms with Crippen molar-refractivity contribution in [3.8, 4) is 5.75 Å². The molecular formula is C17H19N3O. The number of benzene rings is 1. The number of hydrogen-bond donors (Lipinski definition) is 1. The van der Waals surface area contributed by atoms with Crippen molar-refractivity contribution in [1.29, 1.82) is 0 Å². The molecule has 0 aliphatic rings. The summed E-state index contributed by atoms with van der Waals surface area (Å²) >= 11 is 0. The number of aryl methyl sites for hydroxylation is 2. The second kappa shape index (κ2) is 6.39. The normalized spacial score (nSPS) is 10.9. The van der Waals surface area contributed by atoms with Crippen LogP contribution in [-0.2, 0) is 12.8 Å². The first-order valence-electron chi connectivity index (χ1n) is 7.35. The topological polar surface area (TPSA) is 50.8 Å². The smallest absolute Gasteiger partial charge is 0.177 e. The minimum absolute atomic E-state index is 0.773. The second-order valence-corrected chi connectivity index (χ2v) is 5.11. The Bertz CT molecular complexity index is 703. The number of nitrogens with zero attached hydrogens (tertiary/aromatic N) is 2. The standard InChI is InChI=1S/C17H19N3O/c1-2-9-21-15-7-5-13(6-8-15)3-4-14-10-16-17(18-11-14)20-12-19-16/h5-8,10-12H,2-4,9H2,1H3,(H,18,19,20). The van der Waals surface area contributed by atoms with Crippen LogP contribution in [0.3, 0.4) is 0 Å². The number of rotatable bonds is 6. The predicted octanol–water partition coefficient (Wildman–Crippen LogP) is 3.53. The summed E-state index contributed by atoms with van der Waals surface area (Å²) in [6.45, 7) is 2.88. The maximum absolute atomic E-state index is 5.59. The van der Waals surface area contributed by atoms with Gasteiger partial charge in [0.05, 0.1) is 18.5 Å². The highest BCUT2D eigenvalue weighted by atomic mass is 16.5. The van der Waals surface area contributed by atoms with Gasteiger partial charge in [-0.3, -0.25) is 0 Å². The zero-order chi connectivity index (χ0) is 14.5. The lowest BCUT2D eigenvalue weighted by atomic mass is 10.1. The van der Waals surface area contributed by atoms with E-state index < -0.39 is 0 Å². The first-order chi connectivity index (χ1) is 10.3. The van der Waals surface area contributed by atoms with Gasteiger partial charge in [0.1, 0.15) is 5.75 Å². The van der Waals surface area contributed by atoms with Gasteiger partial charge in [0, 0.05) is 6.20 Å². The van der Waals surface area contributed by atoms with E-state index in [2.05, 4.69) is 40.1 Å². The minimum Gasteiger partial charge on any atom is -0.494 e. The number of aromatic nitrogens is 3. The third-order valence-electron chi connectivity index (χ3n) is 3.43. The molecule has 0 amide bonds. The third kappa shape index (κ3) is 3.40. The number of aromatic amines is 1. The maximum atomic E-state index is 5.59. The molecule has 4 nitrogen and oxygen atoms in total. The summed E-state index contributed by atoms with van der Waals surface area (Å²) in [6, 6.07) is 10.5. The van der Waals surface area contributed by atoms with Crippen molar-refractivity contribution in [1.82, 2.24) is 15.0 Å². The van der Waals surface area contributed by atoms with Crippen LogP contribution in [0.25, 0.3) is 11.2 Å². The molecule has 108 valence electrons. The van der Waals surface area contributed by atoms with E-state index >= 15 is 0 Å². The zero-order valence-corrected chi connectivity index (χ0v) is 12.2. The molecule has 1 aromatic carbocycles. The van der Waals surface area contributed by atoms with Crippen LogP contribution >= 0.6 is 0 Å². The summed E-state index contributed by atoms with van der Waals surface area (Å²) in [5.74, 6) is 0.946. The summed E-state index contributed by atoms with van der Waals surface area (Å²) in [6.07, 6.45) is 6.58. The van der Waals surface area contributed by atoms with Crippen molar-refractivity contribution in [3.63, 3.8) is 0 Å². The Kier molecular flexibility index (Phi) is 4.15. The fourth-order valence-corrected chi connectivity index (χ4v) is 2.27. The number of pyridine rings is 1. The van der Waals surface area contributed by atoms with E-state index in [1.54, 1.807) is 6.33 Å². The molecule has 0 atom stereocenters. The molecular weight excluding hydrogens is 262 g/mol.